The van der Waals surface area contributed by atoms with E-state index < -0.39 is 35.0 Å². The van der Waals surface area contributed by atoms with Crippen LogP contribution in [0.3, 0.4) is 0 Å². The van der Waals surface area contributed by atoms with Crippen molar-refractivity contribution in [3.63, 3.8) is 0 Å². The quantitative estimate of drug-likeness (QED) is 0.526. The van der Waals surface area contributed by atoms with E-state index in [-0.39, 0.29) is 10.5 Å². The number of ketones is 1. The van der Waals surface area contributed by atoms with Gasteiger partial charge in [-0.05, 0) is 51.0 Å². The summed E-state index contributed by atoms with van der Waals surface area (Å²) in [6, 6.07) is 0.829. The van der Waals surface area contributed by atoms with Crippen molar-refractivity contribution >= 4 is 23.1 Å². The number of halogens is 3. The highest BCUT2D eigenvalue weighted by molar-refractivity contribution is 7.12. The fourth-order valence-electron chi connectivity index (χ4n) is 3.57. The van der Waals surface area contributed by atoms with Gasteiger partial charge in [0.1, 0.15) is 0 Å². The lowest BCUT2D eigenvalue weighted by Crippen LogP contribution is -2.39. The first-order valence-electron chi connectivity index (χ1n) is 8.39. The first-order valence-corrected chi connectivity index (χ1v) is 9.27. The van der Waals surface area contributed by atoms with Crippen LogP contribution in [0.5, 0.6) is 0 Å². The van der Waals surface area contributed by atoms with E-state index in [9.17, 15) is 27.9 Å². The zero-order chi connectivity index (χ0) is 21.4. The van der Waals surface area contributed by atoms with Crippen LogP contribution < -0.4 is 0 Å². The molecule has 4 nitrogen and oxygen atoms in total. The summed E-state index contributed by atoms with van der Waals surface area (Å²) in [6.45, 7) is 6.92. The van der Waals surface area contributed by atoms with E-state index in [0.717, 1.165) is 22.8 Å². The molecule has 0 spiro atoms. The molecule has 2 rings (SSSR count). The highest BCUT2D eigenvalue weighted by Crippen LogP contribution is 2.46. The van der Waals surface area contributed by atoms with Crippen molar-refractivity contribution in [1.29, 1.82) is 0 Å². The summed E-state index contributed by atoms with van der Waals surface area (Å²) < 4.78 is 43.8. The van der Waals surface area contributed by atoms with Gasteiger partial charge in [0.25, 0.3) is 0 Å². The van der Waals surface area contributed by atoms with Crippen molar-refractivity contribution in [2.75, 3.05) is 7.11 Å². The number of alkyl halides is 3. The molecule has 28 heavy (non-hydrogen) atoms. The number of carboxylic acid groups (broad SMARTS) is 1. The van der Waals surface area contributed by atoms with E-state index >= 15 is 0 Å². The van der Waals surface area contributed by atoms with Crippen LogP contribution in [0, 0.1) is 5.41 Å². The fourth-order valence-corrected chi connectivity index (χ4v) is 4.41. The van der Waals surface area contributed by atoms with Gasteiger partial charge in [-0.3, -0.25) is 4.79 Å². The number of hydrogen-bond acceptors (Lipinski definition) is 4. The predicted octanol–water partition coefficient (Wildman–Crippen LogP) is 5.28. The molecule has 0 aliphatic heterocycles. The van der Waals surface area contributed by atoms with E-state index in [1.807, 2.05) is 6.92 Å². The van der Waals surface area contributed by atoms with E-state index in [0.29, 0.717) is 16.7 Å². The Morgan fingerprint density at radius 2 is 1.89 bits per heavy atom. The van der Waals surface area contributed by atoms with Gasteiger partial charge in [0.2, 0.25) is 0 Å². The molecule has 1 aliphatic carbocycles. The van der Waals surface area contributed by atoms with Crippen LogP contribution in [0.15, 0.2) is 45.9 Å². The Labute approximate surface area is 165 Å². The maximum atomic E-state index is 12.7. The molecule has 0 radical (unpaired) electrons. The van der Waals surface area contributed by atoms with Crippen molar-refractivity contribution in [2.24, 2.45) is 5.41 Å². The lowest BCUT2D eigenvalue weighted by atomic mass is 9.67. The van der Waals surface area contributed by atoms with Crippen molar-refractivity contribution < 1.29 is 32.6 Å². The summed E-state index contributed by atoms with van der Waals surface area (Å²) in [6.07, 6.45) is -2.31. The zero-order valence-corrected chi connectivity index (χ0v) is 16.9. The standard InChI is InChI=1S/C20H21F3O4S/c1-10-12(3)19(4,17(27-5)11(2)16(10)18(25)26)7-6-14(24)15-8-13(9-28-15)20(21,22)23/h6-9,17H,1-5H3,(H,25,26). The molecule has 1 aromatic rings. The van der Waals surface area contributed by atoms with Crippen LogP contribution in [0.1, 0.15) is 42.9 Å². The molecule has 2 unspecified atom stereocenters. The number of carbonyl (C=O) groups excluding carboxylic acids is 1. The monoisotopic (exact) mass is 414 g/mol. The van der Waals surface area contributed by atoms with Gasteiger partial charge < -0.3 is 9.84 Å². The van der Waals surface area contributed by atoms with Crippen LogP contribution in [-0.2, 0) is 15.7 Å². The highest BCUT2D eigenvalue weighted by Gasteiger charge is 2.42. The molecule has 8 heteroatoms. The summed E-state index contributed by atoms with van der Waals surface area (Å²) in [4.78, 5) is 24.0. The fraction of sp³-hybridized carbons (Fsp3) is 0.400. The van der Waals surface area contributed by atoms with E-state index in [1.54, 1.807) is 26.8 Å². The van der Waals surface area contributed by atoms with Gasteiger partial charge in [0.05, 0.1) is 22.1 Å². The van der Waals surface area contributed by atoms with Crippen LogP contribution in [0.25, 0.3) is 0 Å². The van der Waals surface area contributed by atoms with Crippen molar-refractivity contribution in [3.8, 4) is 0 Å². The molecule has 1 aliphatic rings. The van der Waals surface area contributed by atoms with Crippen molar-refractivity contribution in [1.82, 2.24) is 0 Å². The minimum atomic E-state index is -4.50. The molecule has 2 atom stereocenters. The van der Waals surface area contributed by atoms with Gasteiger partial charge in [-0.2, -0.15) is 13.2 Å². The lowest BCUT2D eigenvalue weighted by Gasteiger charge is -2.41. The third-order valence-electron chi connectivity index (χ3n) is 5.28. The molecule has 0 aromatic carbocycles. The van der Waals surface area contributed by atoms with Crippen LogP contribution in [-0.4, -0.2) is 30.1 Å². The number of aliphatic carboxylic acids is 1. The van der Waals surface area contributed by atoms with E-state index in [4.69, 9.17) is 4.74 Å². The van der Waals surface area contributed by atoms with Crippen molar-refractivity contribution in [2.45, 2.75) is 40.0 Å². The Bertz CT molecular complexity index is 905. The van der Waals surface area contributed by atoms with Gasteiger partial charge in [0, 0.05) is 17.9 Å². The molecule has 0 bridgehead atoms. The second kappa shape index (κ2) is 7.67. The SMILES string of the molecule is COC1C(C)=C(C(=O)O)C(C)=C(C)C1(C)C=CC(=O)c1cc(C(F)(F)F)cs1. The minimum absolute atomic E-state index is 0.0196. The molecule has 0 fully saturated rings. The molecule has 1 heterocycles. The number of methoxy groups -OCH3 is 1. The molecule has 152 valence electrons. The number of hydrogen-bond donors (Lipinski definition) is 1. The van der Waals surface area contributed by atoms with Gasteiger partial charge in [-0.25, -0.2) is 4.79 Å². The lowest BCUT2D eigenvalue weighted by molar-refractivity contribution is -0.137. The second-order valence-electron chi connectivity index (χ2n) is 6.91. The predicted molar refractivity (Wildman–Crippen MR) is 100 cm³/mol. The molecular formula is C20H21F3O4S. The first kappa shape index (κ1) is 22.1. The maximum absolute atomic E-state index is 12.7. The smallest absolute Gasteiger partial charge is 0.417 e. The van der Waals surface area contributed by atoms with E-state index in [2.05, 4.69) is 0 Å². The Morgan fingerprint density at radius 1 is 1.29 bits per heavy atom. The number of carboxylic acids is 1. The number of thiophene rings is 1. The summed E-state index contributed by atoms with van der Waals surface area (Å²) in [7, 11) is 1.45. The molecule has 1 aromatic heterocycles. The van der Waals surface area contributed by atoms with Gasteiger partial charge in [0.15, 0.2) is 5.78 Å². The van der Waals surface area contributed by atoms with Crippen molar-refractivity contribution in [3.05, 3.63) is 56.3 Å². The number of carbonyl (C=O) groups is 2. The first-order chi connectivity index (χ1) is 12.8. The number of ether oxygens (including phenoxy) is 1. The molecule has 1 N–H and O–H groups in total. The maximum Gasteiger partial charge on any atom is 0.417 e. The Morgan fingerprint density at radius 3 is 2.36 bits per heavy atom. The van der Waals surface area contributed by atoms with E-state index in [1.165, 1.54) is 13.2 Å². The topological polar surface area (TPSA) is 63.6 Å². The second-order valence-corrected chi connectivity index (χ2v) is 7.82. The Balaban J connectivity index is 2.42. The van der Waals surface area contributed by atoms with Gasteiger partial charge in [-0.15, -0.1) is 11.3 Å². The normalized spacial score (nSPS) is 23.6. The molecule has 0 saturated heterocycles. The zero-order valence-electron chi connectivity index (χ0n) is 16.1. The Kier molecular flexibility index (Phi) is 6.06. The summed E-state index contributed by atoms with van der Waals surface area (Å²) in [5, 5.41) is 10.4. The summed E-state index contributed by atoms with van der Waals surface area (Å²) in [5.74, 6) is -1.61. The van der Waals surface area contributed by atoms with Crippen LogP contribution in [0.2, 0.25) is 0 Å². The minimum Gasteiger partial charge on any atom is -0.478 e. The number of rotatable bonds is 5. The Hall–Kier alpha value is -2.19. The average Bonchev–Trinajstić information content (AvgIpc) is 3.08. The summed E-state index contributed by atoms with van der Waals surface area (Å²) in [5.41, 5.74) is 0.316. The summed E-state index contributed by atoms with van der Waals surface area (Å²) >= 11 is 0.732. The van der Waals surface area contributed by atoms with Crippen LogP contribution >= 0.6 is 11.3 Å². The highest BCUT2D eigenvalue weighted by atomic mass is 32.1. The third-order valence-corrected chi connectivity index (χ3v) is 6.22. The van der Waals surface area contributed by atoms with Crippen LogP contribution in [0.4, 0.5) is 13.2 Å². The molecule has 0 saturated carbocycles. The molecular weight excluding hydrogens is 393 g/mol. The van der Waals surface area contributed by atoms with Gasteiger partial charge in [-0.1, -0.05) is 11.6 Å². The molecule has 0 amide bonds. The average molecular weight is 414 g/mol. The third kappa shape index (κ3) is 3.84. The largest absolute Gasteiger partial charge is 0.478 e. The van der Waals surface area contributed by atoms with Gasteiger partial charge >= 0.3 is 12.1 Å². The number of allylic oxidation sites excluding steroid dienone is 1.